The average molecular weight is 430 g/mol. The molecule has 1 atom stereocenters. The maximum atomic E-state index is 12.8. The minimum atomic E-state index is 0. The first-order valence-electron chi connectivity index (χ1n) is 8.20. The molecule has 130 valence electrons. The molecule has 1 unspecified atom stereocenters. The fraction of sp³-hybridized carbons (Fsp3) is 0.500. The molecule has 4 heterocycles. The number of nitrogens with zero attached hydrogens (tertiary/aromatic N) is 1. The lowest BCUT2D eigenvalue weighted by Crippen LogP contribution is -2.69. The van der Waals surface area contributed by atoms with Gasteiger partial charge in [-0.05, 0) is 69.3 Å². The van der Waals surface area contributed by atoms with Crippen LogP contribution in [-0.4, -0.2) is 35.5 Å². The third-order valence-electron chi connectivity index (χ3n) is 5.58. The summed E-state index contributed by atoms with van der Waals surface area (Å²) in [6, 6.07) is 8.41. The Hall–Kier alpha value is -0.620. The van der Waals surface area contributed by atoms with E-state index in [0.29, 0.717) is 5.92 Å². The van der Waals surface area contributed by atoms with Crippen LogP contribution in [0, 0.1) is 5.92 Å². The van der Waals surface area contributed by atoms with Crippen molar-refractivity contribution < 1.29 is 4.79 Å². The number of hydrogen-bond donors (Lipinski definition) is 1. The molecular formula is C18H22BrClN2OS. The van der Waals surface area contributed by atoms with E-state index in [1.54, 1.807) is 11.3 Å². The summed E-state index contributed by atoms with van der Waals surface area (Å²) in [6.07, 6.45) is 2.40. The van der Waals surface area contributed by atoms with Crippen LogP contribution in [-0.2, 0) is 0 Å². The van der Waals surface area contributed by atoms with Gasteiger partial charge in [-0.3, -0.25) is 9.69 Å². The third-order valence-corrected chi connectivity index (χ3v) is 7.17. The lowest BCUT2D eigenvalue weighted by molar-refractivity contribution is -0.0377. The van der Waals surface area contributed by atoms with Gasteiger partial charge in [0.1, 0.15) is 0 Å². The summed E-state index contributed by atoms with van der Waals surface area (Å²) in [5.74, 6) is 0.691. The number of carbonyl (C=O) groups is 1. The zero-order valence-electron chi connectivity index (χ0n) is 13.8. The van der Waals surface area contributed by atoms with Crippen LogP contribution in [0.25, 0.3) is 10.1 Å². The van der Waals surface area contributed by atoms with Gasteiger partial charge in [0.05, 0.1) is 4.88 Å². The minimum absolute atomic E-state index is 0. The first-order valence-corrected chi connectivity index (χ1v) is 9.81. The average Bonchev–Trinajstić information content (AvgIpc) is 2.94. The Balaban J connectivity index is 0.00000169. The van der Waals surface area contributed by atoms with Gasteiger partial charge in [-0.1, -0.05) is 22.0 Å². The van der Waals surface area contributed by atoms with E-state index in [-0.39, 0.29) is 29.9 Å². The monoisotopic (exact) mass is 428 g/mol. The van der Waals surface area contributed by atoms with Gasteiger partial charge in [0.25, 0.3) is 5.91 Å². The van der Waals surface area contributed by atoms with E-state index in [1.807, 2.05) is 12.1 Å². The predicted molar refractivity (Wildman–Crippen MR) is 106 cm³/mol. The van der Waals surface area contributed by atoms with Crippen LogP contribution in [0.1, 0.15) is 36.4 Å². The van der Waals surface area contributed by atoms with Crippen molar-refractivity contribution in [1.29, 1.82) is 0 Å². The van der Waals surface area contributed by atoms with E-state index in [9.17, 15) is 4.79 Å². The molecule has 2 bridgehead atoms. The van der Waals surface area contributed by atoms with Gasteiger partial charge in [0, 0.05) is 20.8 Å². The molecule has 24 heavy (non-hydrogen) atoms. The SMILES string of the molecule is CC1(C)C(NC(=O)c2cc3ccc(Br)cc3s2)C2CCN1CC2.Cl. The fourth-order valence-corrected chi connectivity index (χ4v) is 5.72. The fourth-order valence-electron chi connectivity index (χ4n) is 4.21. The molecule has 6 heteroatoms. The van der Waals surface area contributed by atoms with Gasteiger partial charge < -0.3 is 5.32 Å². The molecule has 2 aromatic rings. The van der Waals surface area contributed by atoms with Crippen molar-refractivity contribution >= 4 is 55.7 Å². The summed E-state index contributed by atoms with van der Waals surface area (Å²) in [5.41, 5.74) is 0.0521. The number of piperidine rings is 3. The highest BCUT2D eigenvalue weighted by Crippen LogP contribution is 2.39. The molecule has 0 aliphatic carbocycles. The van der Waals surface area contributed by atoms with Crippen LogP contribution in [0.5, 0.6) is 0 Å². The van der Waals surface area contributed by atoms with Crippen molar-refractivity contribution in [2.75, 3.05) is 13.1 Å². The second kappa shape index (κ2) is 6.60. The normalized spacial score (nSPS) is 27.7. The third kappa shape index (κ3) is 3.00. The van der Waals surface area contributed by atoms with E-state index in [2.05, 4.69) is 52.1 Å². The Morgan fingerprint density at radius 2 is 2.00 bits per heavy atom. The number of nitrogens with one attached hydrogen (secondary N) is 1. The predicted octanol–water partition coefficient (Wildman–Crippen LogP) is 4.69. The van der Waals surface area contributed by atoms with Gasteiger partial charge in [0.15, 0.2) is 0 Å². The molecule has 3 aliphatic rings. The number of rotatable bonds is 2. The number of benzene rings is 1. The summed E-state index contributed by atoms with van der Waals surface area (Å²) in [6.45, 7) is 6.87. The molecule has 3 aliphatic heterocycles. The number of hydrogen-bond acceptors (Lipinski definition) is 3. The van der Waals surface area contributed by atoms with Crippen molar-refractivity contribution in [2.45, 2.75) is 38.3 Å². The van der Waals surface area contributed by atoms with Crippen LogP contribution < -0.4 is 5.32 Å². The Kier molecular flexibility index (Phi) is 5.00. The highest BCUT2D eigenvalue weighted by molar-refractivity contribution is 9.10. The van der Waals surface area contributed by atoms with Crippen molar-refractivity contribution in [3.8, 4) is 0 Å². The van der Waals surface area contributed by atoms with Crippen LogP contribution in [0.15, 0.2) is 28.7 Å². The molecule has 0 spiro atoms. The molecule has 1 aromatic heterocycles. The zero-order chi connectivity index (χ0) is 16.2. The molecule has 5 rings (SSSR count). The van der Waals surface area contributed by atoms with Crippen LogP contribution in [0.4, 0.5) is 0 Å². The minimum Gasteiger partial charge on any atom is -0.346 e. The van der Waals surface area contributed by atoms with Gasteiger partial charge in [-0.2, -0.15) is 0 Å². The van der Waals surface area contributed by atoms with E-state index in [0.717, 1.165) is 19.4 Å². The lowest BCUT2D eigenvalue weighted by Gasteiger charge is -2.56. The summed E-state index contributed by atoms with van der Waals surface area (Å²) in [4.78, 5) is 16.1. The molecular weight excluding hydrogens is 408 g/mol. The molecule has 3 saturated heterocycles. The van der Waals surface area contributed by atoms with E-state index >= 15 is 0 Å². The topological polar surface area (TPSA) is 32.3 Å². The van der Waals surface area contributed by atoms with Gasteiger partial charge >= 0.3 is 0 Å². The van der Waals surface area contributed by atoms with E-state index in [1.165, 1.54) is 25.9 Å². The Morgan fingerprint density at radius 3 is 2.67 bits per heavy atom. The second-order valence-electron chi connectivity index (χ2n) is 7.22. The van der Waals surface area contributed by atoms with Gasteiger partial charge in [-0.25, -0.2) is 0 Å². The lowest BCUT2D eigenvalue weighted by atomic mass is 9.72. The number of fused-ring (bicyclic) bond motifs is 4. The Morgan fingerprint density at radius 1 is 1.29 bits per heavy atom. The highest BCUT2D eigenvalue weighted by atomic mass is 79.9. The maximum absolute atomic E-state index is 12.8. The van der Waals surface area contributed by atoms with Crippen molar-refractivity contribution in [3.63, 3.8) is 0 Å². The molecule has 3 fully saturated rings. The summed E-state index contributed by atoms with van der Waals surface area (Å²) in [7, 11) is 0. The highest BCUT2D eigenvalue weighted by Gasteiger charge is 2.48. The number of amides is 1. The standard InChI is InChI=1S/C18H21BrN2OS.ClH/c1-18(2)16(11-5-7-21(18)8-6-11)20-17(22)15-9-12-3-4-13(19)10-14(12)23-15;/h3-4,9-11,16H,5-8H2,1-2H3,(H,20,22);1H. The quantitative estimate of drug-likeness (QED) is 0.751. The first kappa shape index (κ1) is 18.2. The molecule has 3 nitrogen and oxygen atoms in total. The second-order valence-corrected chi connectivity index (χ2v) is 9.22. The van der Waals surface area contributed by atoms with Gasteiger partial charge in [-0.15, -0.1) is 23.7 Å². The van der Waals surface area contributed by atoms with Crippen LogP contribution >= 0.6 is 39.7 Å². The van der Waals surface area contributed by atoms with Gasteiger partial charge in [0.2, 0.25) is 0 Å². The summed E-state index contributed by atoms with van der Waals surface area (Å²) < 4.78 is 2.20. The maximum Gasteiger partial charge on any atom is 0.261 e. The first-order chi connectivity index (χ1) is 10.9. The zero-order valence-corrected chi connectivity index (χ0v) is 17.1. The Labute approximate surface area is 161 Å². The smallest absolute Gasteiger partial charge is 0.261 e. The molecule has 0 radical (unpaired) electrons. The summed E-state index contributed by atoms with van der Waals surface area (Å²) in [5, 5.41) is 4.49. The number of carbonyl (C=O) groups excluding carboxylic acids is 1. The van der Waals surface area contributed by atoms with E-state index < -0.39 is 0 Å². The number of thiophene rings is 1. The molecule has 1 aromatic carbocycles. The molecule has 0 saturated carbocycles. The van der Waals surface area contributed by atoms with Crippen molar-refractivity contribution in [1.82, 2.24) is 10.2 Å². The van der Waals surface area contributed by atoms with Crippen LogP contribution in [0.2, 0.25) is 0 Å². The molecule has 1 N–H and O–H groups in total. The Bertz CT molecular complexity index is 767. The summed E-state index contributed by atoms with van der Waals surface area (Å²) >= 11 is 5.07. The number of halogens is 2. The van der Waals surface area contributed by atoms with Crippen molar-refractivity contribution in [3.05, 3.63) is 33.6 Å². The van der Waals surface area contributed by atoms with Crippen molar-refractivity contribution in [2.24, 2.45) is 5.92 Å². The van der Waals surface area contributed by atoms with Crippen LogP contribution in [0.3, 0.4) is 0 Å². The van der Waals surface area contributed by atoms with E-state index in [4.69, 9.17) is 0 Å². The molecule has 1 amide bonds. The largest absolute Gasteiger partial charge is 0.346 e.